The highest BCUT2D eigenvalue weighted by Crippen LogP contribution is 2.36. The quantitative estimate of drug-likeness (QED) is 0.129. The Morgan fingerprint density at radius 2 is 1.29 bits per heavy atom. The lowest BCUT2D eigenvalue weighted by molar-refractivity contribution is -0.157. The van der Waals surface area contributed by atoms with Crippen LogP contribution in [0, 0.1) is 17.3 Å². The number of fused-ring (bicyclic) bond motifs is 2. The van der Waals surface area contributed by atoms with Crippen molar-refractivity contribution in [3.05, 3.63) is 31.5 Å². The predicted molar refractivity (Wildman–Crippen MR) is 176 cm³/mol. The number of aliphatic hydroxyl groups excluding tert-OH is 3. The fourth-order valence-electron chi connectivity index (χ4n) is 6.25. The summed E-state index contributed by atoms with van der Waals surface area (Å²) in [6, 6.07) is 0. The molecular weight excluding hydrogens is 666 g/mol. The van der Waals surface area contributed by atoms with E-state index in [0.717, 1.165) is 9.80 Å². The number of carbonyl (C=O) groups is 4. The molecule has 2 aliphatic heterocycles. The van der Waals surface area contributed by atoms with Crippen LogP contribution in [0.25, 0.3) is 0 Å². The molecule has 0 saturated carbocycles. The Balaban J connectivity index is 1.73. The van der Waals surface area contributed by atoms with Crippen molar-refractivity contribution in [1.29, 1.82) is 0 Å². The summed E-state index contributed by atoms with van der Waals surface area (Å²) in [4.78, 5) is 93.1. The molecule has 0 radical (unpaired) electrons. The lowest BCUT2D eigenvalue weighted by Gasteiger charge is -2.45. The number of aliphatic hydroxyl groups is 3. The SMILES string of the molecule is CCC1(CC)C(=O)N(CCC(=O)OC)C(=S)N(CCC(=O)OCC(O)Cn2c(=O)n3c(=O)n(c2=O)CC(O)CC(C)C(C)CC(O)C3)C1=O. The van der Waals surface area contributed by atoms with Crippen LogP contribution >= 0.6 is 12.2 Å². The largest absolute Gasteiger partial charge is 0.469 e. The Labute approximate surface area is 288 Å². The van der Waals surface area contributed by atoms with Gasteiger partial charge in [0.25, 0.3) is 0 Å². The molecule has 0 aliphatic carbocycles. The van der Waals surface area contributed by atoms with Crippen LogP contribution in [0.5, 0.6) is 0 Å². The number of carbonyl (C=O) groups excluding carboxylic acids is 4. The molecule has 1 saturated heterocycles. The van der Waals surface area contributed by atoms with Crippen LogP contribution in [0.1, 0.15) is 66.2 Å². The molecule has 49 heavy (non-hydrogen) atoms. The van der Waals surface area contributed by atoms with Gasteiger partial charge in [-0.2, -0.15) is 0 Å². The number of thiocarbonyl (C=S) groups is 1. The summed E-state index contributed by atoms with van der Waals surface area (Å²) < 4.78 is 11.8. The number of hydrogen-bond acceptors (Lipinski definition) is 13. The van der Waals surface area contributed by atoms with Gasteiger partial charge >= 0.3 is 29.0 Å². The highest BCUT2D eigenvalue weighted by Gasteiger charge is 2.53. The summed E-state index contributed by atoms with van der Waals surface area (Å²) in [5.41, 5.74) is -4.61. The van der Waals surface area contributed by atoms with E-state index in [1.807, 2.05) is 13.8 Å². The summed E-state index contributed by atoms with van der Waals surface area (Å²) in [6.45, 7) is 4.55. The van der Waals surface area contributed by atoms with Crippen LogP contribution in [0.4, 0.5) is 0 Å². The zero-order valence-corrected chi connectivity index (χ0v) is 29.3. The van der Waals surface area contributed by atoms with Crippen molar-refractivity contribution in [3.8, 4) is 0 Å². The fraction of sp³-hybridized carbons (Fsp3) is 0.742. The summed E-state index contributed by atoms with van der Waals surface area (Å²) in [6.07, 6.45) is -3.56. The predicted octanol–water partition coefficient (Wildman–Crippen LogP) is -1.42. The average molecular weight is 714 g/mol. The van der Waals surface area contributed by atoms with Crippen molar-refractivity contribution in [2.24, 2.45) is 17.3 Å². The molecule has 2 bridgehead atoms. The van der Waals surface area contributed by atoms with Gasteiger partial charge in [0.15, 0.2) is 5.11 Å². The first-order valence-electron chi connectivity index (χ1n) is 16.4. The van der Waals surface area contributed by atoms with Gasteiger partial charge in [-0.3, -0.25) is 29.0 Å². The van der Waals surface area contributed by atoms with E-state index in [4.69, 9.17) is 17.0 Å². The zero-order valence-electron chi connectivity index (χ0n) is 28.5. The van der Waals surface area contributed by atoms with Gasteiger partial charge in [0, 0.05) is 13.1 Å². The number of hydrogen-bond donors (Lipinski definition) is 3. The maximum absolute atomic E-state index is 13.5. The first-order chi connectivity index (χ1) is 23.0. The van der Waals surface area contributed by atoms with Crippen LogP contribution in [-0.4, -0.2) is 113 Å². The molecule has 1 aromatic heterocycles. The molecule has 3 heterocycles. The van der Waals surface area contributed by atoms with Crippen molar-refractivity contribution in [2.75, 3.05) is 26.8 Å². The molecule has 1 fully saturated rings. The second-order valence-electron chi connectivity index (χ2n) is 12.8. The van der Waals surface area contributed by atoms with E-state index in [1.165, 1.54) is 7.11 Å². The zero-order chi connectivity index (χ0) is 36.8. The molecule has 0 spiro atoms. The molecule has 5 atom stereocenters. The third-order valence-electron chi connectivity index (χ3n) is 9.55. The van der Waals surface area contributed by atoms with Crippen LogP contribution < -0.4 is 17.1 Å². The standard InChI is InChI=1S/C31H47N5O12S/c1-6-31(7-2)25(42)32(10-8-23(40)47-5)30(49)33(26(31)43)11-9-24(41)48-17-22(39)16-36-28(45)34-14-20(37)12-18(3)19(4)13-21(38)15-35(27(34)44)29(36)46/h18-22,37-39H,6-17H2,1-5H3. The molecule has 2 aliphatic rings. The van der Waals surface area contributed by atoms with Crippen molar-refractivity contribution in [2.45, 2.75) is 104 Å². The summed E-state index contributed by atoms with van der Waals surface area (Å²) >= 11 is 5.40. The molecule has 0 aromatic carbocycles. The maximum atomic E-state index is 13.5. The number of aromatic nitrogens is 3. The molecule has 1 aromatic rings. The highest BCUT2D eigenvalue weighted by molar-refractivity contribution is 7.80. The molecule has 3 N–H and O–H groups in total. The molecule has 18 heteroatoms. The van der Waals surface area contributed by atoms with Crippen LogP contribution in [0.3, 0.4) is 0 Å². The van der Waals surface area contributed by atoms with Crippen molar-refractivity contribution in [1.82, 2.24) is 23.5 Å². The number of esters is 2. The number of methoxy groups -OCH3 is 1. The van der Waals surface area contributed by atoms with Crippen LogP contribution in [0.2, 0.25) is 0 Å². The normalized spacial score (nSPS) is 23.6. The minimum absolute atomic E-state index is 0.0511. The Hall–Kier alpha value is -3.74. The van der Waals surface area contributed by atoms with Gasteiger partial charge in [-0.1, -0.05) is 27.7 Å². The fourth-order valence-corrected chi connectivity index (χ4v) is 6.60. The summed E-state index contributed by atoms with van der Waals surface area (Å²) in [7, 11) is 1.20. The van der Waals surface area contributed by atoms with Gasteiger partial charge in [0.1, 0.15) is 18.1 Å². The van der Waals surface area contributed by atoms with Gasteiger partial charge in [0.05, 0.1) is 51.8 Å². The topological polar surface area (TPSA) is 220 Å². The van der Waals surface area contributed by atoms with Gasteiger partial charge in [0.2, 0.25) is 11.8 Å². The molecule has 5 unspecified atom stereocenters. The van der Waals surface area contributed by atoms with Crippen molar-refractivity contribution < 1.29 is 44.0 Å². The van der Waals surface area contributed by atoms with Crippen molar-refractivity contribution >= 4 is 41.1 Å². The number of ether oxygens (including phenoxy) is 2. The van der Waals surface area contributed by atoms with Gasteiger partial charge < -0.3 is 24.8 Å². The first-order valence-corrected chi connectivity index (χ1v) is 16.8. The number of amides is 2. The number of rotatable bonds is 12. The number of nitrogens with zero attached hydrogens (tertiary/aromatic N) is 5. The summed E-state index contributed by atoms with van der Waals surface area (Å²) in [5.74, 6) is -2.68. The van der Waals surface area contributed by atoms with E-state index in [2.05, 4.69) is 4.74 Å². The van der Waals surface area contributed by atoms with E-state index in [9.17, 15) is 48.9 Å². The Morgan fingerprint density at radius 3 is 1.71 bits per heavy atom. The summed E-state index contributed by atoms with van der Waals surface area (Å²) in [5, 5.41) is 31.7. The second-order valence-corrected chi connectivity index (χ2v) is 13.2. The molecule has 2 amide bonds. The van der Waals surface area contributed by atoms with E-state index in [-0.39, 0.29) is 62.1 Å². The Morgan fingerprint density at radius 1 is 0.837 bits per heavy atom. The first kappa shape index (κ1) is 39.7. The molecular formula is C31H47N5O12S. The minimum Gasteiger partial charge on any atom is -0.469 e. The van der Waals surface area contributed by atoms with E-state index < -0.39 is 97.2 Å². The Kier molecular flexibility index (Phi) is 13.6. The second kappa shape index (κ2) is 16.8. The van der Waals surface area contributed by atoms with E-state index in [0.29, 0.717) is 13.7 Å². The third kappa shape index (κ3) is 8.71. The van der Waals surface area contributed by atoms with Crippen LogP contribution in [0.15, 0.2) is 14.4 Å². The van der Waals surface area contributed by atoms with Gasteiger partial charge in [-0.15, -0.1) is 0 Å². The molecule has 3 rings (SSSR count). The smallest absolute Gasteiger partial charge is 0.336 e. The maximum Gasteiger partial charge on any atom is 0.336 e. The van der Waals surface area contributed by atoms with E-state index in [1.54, 1.807) is 13.8 Å². The highest BCUT2D eigenvalue weighted by atomic mass is 32.1. The average Bonchev–Trinajstić information content (AvgIpc) is 3.07. The van der Waals surface area contributed by atoms with Gasteiger partial charge in [-0.25, -0.2) is 28.1 Å². The van der Waals surface area contributed by atoms with Gasteiger partial charge in [-0.05, 0) is 49.7 Å². The third-order valence-corrected chi connectivity index (χ3v) is 9.99. The van der Waals surface area contributed by atoms with Crippen molar-refractivity contribution in [3.63, 3.8) is 0 Å². The van der Waals surface area contributed by atoms with Crippen LogP contribution in [-0.2, 0) is 48.3 Å². The monoisotopic (exact) mass is 713 g/mol. The molecule has 274 valence electrons. The lowest BCUT2D eigenvalue weighted by atomic mass is 9.78. The molecule has 17 nitrogen and oxygen atoms in total. The Bertz CT molecular complexity index is 1540. The van der Waals surface area contributed by atoms with E-state index >= 15 is 0 Å². The minimum atomic E-state index is -1.59. The lowest BCUT2D eigenvalue weighted by Crippen LogP contribution is -2.65.